The van der Waals surface area contributed by atoms with Crippen molar-refractivity contribution in [3.8, 4) is 0 Å². The molecule has 0 amide bonds. The number of aliphatic hydroxyl groups is 1. The quantitative estimate of drug-likeness (QED) is 0.708. The van der Waals surface area contributed by atoms with Gasteiger partial charge >= 0.3 is 0 Å². The first kappa shape index (κ1) is 15.0. The van der Waals surface area contributed by atoms with Crippen LogP contribution in [-0.4, -0.2) is 28.3 Å². The highest BCUT2D eigenvalue weighted by atomic mass is 16.3. The summed E-state index contributed by atoms with van der Waals surface area (Å²) in [5, 5.41) is 12.7. The third-order valence-electron chi connectivity index (χ3n) is 2.63. The van der Waals surface area contributed by atoms with E-state index in [9.17, 15) is 5.11 Å². The zero-order chi connectivity index (χ0) is 13.1. The number of hydrogen-bond acceptors (Lipinski definition) is 3. The molecule has 1 heterocycles. The predicted octanol–water partition coefficient (Wildman–Crippen LogP) is 1.44. The van der Waals surface area contributed by atoms with Gasteiger partial charge in [0.1, 0.15) is 0 Å². The van der Waals surface area contributed by atoms with Gasteiger partial charge in [-0.1, -0.05) is 13.8 Å². The smallest absolute Gasteiger partial charge is 0.0822 e. The summed E-state index contributed by atoms with van der Waals surface area (Å²) in [6.45, 7) is 8.88. The Morgan fingerprint density at radius 3 is 1.81 bits per heavy atom. The zero-order valence-electron chi connectivity index (χ0n) is 11.1. The van der Waals surface area contributed by atoms with Gasteiger partial charge in [0.05, 0.1) is 24.8 Å². The summed E-state index contributed by atoms with van der Waals surface area (Å²) in [5.41, 5.74) is 6.33. The molecular weight excluding hydrogens is 201 g/mol. The second-order valence-electron chi connectivity index (χ2n) is 5.12. The Bertz CT molecular complexity index is 302. The van der Waals surface area contributed by atoms with E-state index in [0.717, 1.165) is 11.4 Å². The van der Waals surface area contributed by atoms with Gasteiger partial charge in [-0.05, 0) is 26.1 Å². The Hall–Kier alpha value is -0.965. The molecule has 1 rings (SSSR count). The summed E-state index contributed by atoms with van der Waals surface area (Å²) in [4.78, 5) is 0. The maximum Gasteiger partial charge on any atom is 0.0822 e. The summed E-state index contributed by atoms with van der Waals surface area (Å²) in [6, 6.07) is 0. The van der Waals surface area contributed by atoms with Crippen molar-refractivity contribution in [2.75, 3.05) is 5.73 Å². The predicted molar refractivity (Wildman–Crippen MR) is 68.5 cm³/mol. The molecule has 90 valence electrons. The van der Waals surface area contributed by atoms with Crippen molar-refractivity contribution < 1.29 is 5.11 Å². The van der Waals surface area contributed by atoms with Crippen LogP contribution in [0.3, 0.4) is 0 Å². The van der Waals surface area contributed by atoms with Gasteiger partial charge in [0.2, 0.25) is 0 Å². The first-order valence-electron chi connectivity index (χ1n) is 5.22. The first-order chi connectivity index (χ1) is 6.95. The maximum atomic E-state index is 9.23. The SMILES string of the molecule is Cc1nn(C)cc1N.[B]C(C)(C)C(C)(C)O. The van der Waals surface area contributed by atoms with Crippen molar-refractivity contribution in [2.45, 2.75) is 45.5 Å². The molecule has 2 radical (unpaired) electrons. The summed E-state index contributed by atoms with van der Waals surface area (Å²) < 4.78 is 1.70. The minimum atomic E-state index is -0.785. The summed E-state index contributed by atoms with van der Waals surface area (Å²) in [7, 11) is 7.41. The normalized spacial score (nSPS) is 11.9. The fourth-order valence-electron chi connectivity index (χ4n) is 0.618. The van der Waals surface area contributed by atoms with E-state index in [1.54, 1.807) is 38.6 Å². The minimum absolute atomic E-state index is 0.507. The number of aromatic nitrogens is 2. The first-order valence-corrected chi connectivity index (χ1v) is 5.22. The number of anilines is 1. The number of nitrogens with zero attached hydrogens (tertiary/aromatic N) is 2. The van der Waals surface area contributed by atoms with E-state index in [-0.39, 0.29) is 0 Å². The summed E-state index contributed by atoms with van der Waals surface area (Å²) >= 11 is 0. The average molecular weight is 223 g/mol. The largest absolute Gasteiger partial charge is 0.396 e. The molecule has 16 heavy (non-hydrogen) atoms. The molecule has 0 fully saturated rings. The van der Waals surface area contributed by atoms with Crippen LogP contribution in [0.4, 0.5) is 5.69 Å². The van der Waals surface area contributed by atoms with Crippen molar-refractivity contribution in [1.82, 2.24) is 9.78 Å². The molecule has 0 saturated carbocycles. The van der Waals surface area contributed by atoms with Gasteiger partial charge in [0.15, 0.2) is 0 Å². The molecule has 0 bridgehead atoms. The monoisotopic (exact) mass is 223 g/mol. The topological polar surface area (TPSA) is 64.1 Å². The zero-order valence-corrected chi connectivity index (χ0v) is 11.1. The Morgan fingerprint density at radius 2 is 1.75 bits per heavy atom. The van der Waals surface area contributed by atoms with Gasteiger partial charge in [-0.3, -0.25) is 4.68 Å². The average Bonchev–Trinajstić information content (AvgIpc) is 2.26. The van der Waals surface area contributed by atoms with Crippen molar-refractivity contribution in [3.63, 3.8) is 0 Å². The van der Waals surface area contributed by atoms with Gasteiger partial charge in [0, 0.05) is 13.2 Å². The van der Waals surface area contributed by atoms with Crippen LogP contribution in [0, 0.1) is 6.92 Å². The van der Waals surface area contributed by atoms with E-state index in [2.05, 4.69) is 5.10 Å². The van der Waals surface area contributed by atoms with Crippen LogP contribution in [0.1, 0.15) is 33.4 Å². The minimum Gasteiger partial charge on any atom is -0.396 e. The van der Waals surface area contributed by atoms with Crippen LogP contribution >= 0.6 is 0 Å². The third kappa shape index (κ3) is 4.70. The highest BCUT2D eigenvalue weighted by Gasteiger charge is 2.28. The highest BCUT2D eigenvalue weighted by molar-refractivity contribution is 6.15. The van der Waals surface area contributed by atoms with Crippen molar-refractivity contribution in [1.29, 1.82) is 0 Å². The number of rotatable bonds is 1. The van der Waals surface area contributed by atoms with Gasteiger partial charge in [-0.25, -0.2) is 0 Å². The molecule has 0 unspecified atom stereocenters. The van der Waals surface area contributed by atoms with Crippen molar-refractivity contribution in [2.24, 2.45) is 7.05 Å². The number of hydrogen-bond donors (Lipinski definition) is 2. The summed E-state index contributed by atoms with van der Waals surface area (Å²) in [6.07, 6.45) is 1.79. The van der Waals surface area contributed by atoms with Crippen LogP contribution < -0.4 is 5.73 Å². The van der Waals surface area contributed by atoms with E-state index in [1.807, 2.05) is 14.0 Å². The van der Waals surface area contributed by atoms with Crippen molar-refractivity contribution in [3.05, 3.63) is 11.9 Å². The van der Waals surface area contributed by atoms with Gasteiger partial charge < -0.3 is 10.8 Å². The highest BCUT2D eigenvalue weighted by Crippen LogP contribution is 2.32. The molecule has 0 aliphatic carbocycles. The fraction of sp³-hybridized carbons (Fsp3) is 0.727. The van der Waals surface area contributed by atoms with E-state index >= 15 is 0 Å². The molecule has 0 atom stereocenters. The van der Waals surface area contributed by atoms with Crippen molar-refractivity contribution >= 4 is 13.5 Å². The van der Waals surface area contributed by atoms with E-state index < -0.39 is 10.9 Å². The second kappa shape index (κ2) is 4.91. The van der Waals surface area contributed by atoms with E-state index in [4.69, 9.17) is 13.6 Å². The van der Waals surface area contributed by atoms with E-state index in [1.165, 1.54) is 0 Å². The fourth-order valence-corrected chi connectivity index (χ4v) is 0.618. The maximum absolute atomic E-state index is 9.23. The van der Waals surface area contributed by atoms with Gasteiger partial charge in [-0.15, -0.1) is 0 Å². The molecule has 1 aromatic rings. The molecule has 3 N–H and O–H groups in total. The molecular formula is C11H22BN3O. The van der Waals surface area contributed by atoms with Gasteiger partial charge in [-0.2, -0.15) is 5.10 Å². The lowest BCUT2D eigenvalue weighted by molar-refractivity contribution is 0.0420. The van der Waals surface area contributed by atoms with E-state index in [0.29, 0.717) is 0 Å². The van der Waals surface area contributed by atoms with Gasteiger partial charge in [0.25, 0.3) is 0 Å². The summed E-state index contributed by atoms with van der Waals surface area (Å²) in [5.74, 6) is 0. The number of aryl methyl sites for hydroxylation is 2. The molecule has 5 heteroatoms. The molecule has 4 nitrogen and oxygen atoms in total. The Morgan fingerprint density at radius 1 is 1.38 bits per heavy atom. The Balaban J connectivity index is 0.000000281. The van der Waals surface area contributed by atoms with Crippen LogP contribution in [-0.2, 0) is 7.05 Å². The lowest BCUT2D eigenvalue weighted by Gasteiger charge is -2.33. The molecule has 0 aromatic carbocycles. The Labute approximate surface area is 99.2 Å². The standard InChI is InChI=1S/C6H13BO.C5H9N3/c1-5(2,7)6(3,4)8;1-4-5(6)3-8(2)7-4/h8H,1-4H3;3H,6H2,1-2H3. The van der Waals surface area contributed by atoms with Crippen LogP contribution in [0.15, 0.2) is 6.20 Å². The molecule has 0 aliphatic heterocycles. The number of nitrogens with two attached hydrogens (primary N) is 1. The molecule has 1 aromatic heterocycles. The van der Waals surface area contributed by atoms with Crippen LogP contribution in [0.2, 0.25) is 5.31 Å². The molecule has 0 aliphatic rings. The number of nitrogen functional groups attached to an aromatic ring is 1. The lowest BCUT2D eigenvalue weighted by atomic mass is 9.62. The van der Waals surface area contributed by atoms with Crippen LogP contribution in [0.5, 0.6) is 0 Å². The third-order valence-corrected chi connectivity index (χ3v) is 2.63. The Kier molecular flexibility index (Phi) is 4.62. The van der Waals surface area contributed by atoms with Crippen LogP contribution in [0.25, 0.3) is 0 Å². The second-order valence-corrected chi connectivity index (χ2v) is 5.12. The molecule has 0 spiro atoms. The molecule has 0 saturated heterocycles. The lowest BCUT2D eigenvalue weighted by Crippen LogP contribution is -2.33.